The number of urea groups is 1. The van der Waals surface area contributed by atoms with Crippen molar-refractivity contribution in [1.29, 1.82) is 0 Å². The maximum atomic E-state index is 15.3. The van der Waals surface area contributed by atoms with Crippen LogP contribution < -0.4 is 32.3 Å². The van der Waals surface area contributed by atoms with Crippen LogP contribution in [0.25, 0.3) is 49.3 Å². The van der Waals surface area contributed by atoms with Crippen LogP contribution in [0.15, 0.2) is 56.9 Å². The summed E-state index contributed by atoms with van der Waals surface area (Å²) in [5, 5.41) is 65.2. The van der Waals surface area contributed by atoms with E-state index in [2.05, 4.69) is 36.2 Å². The molecule has 522 valence electrons. The summed E-state index contributed by atoms with van der Waals surface area (Å²) >= 11 is 4.37. The largest absolute Gasteiger partial charge is 0.506 e. The highest BCUT2D eigenvalue weighted by atomic mass is 32.1. The molecule has 11 unspecified atom stereocenters. The van der Waals surface area contributed by atoms with Crippen molar-refractivity contribution < 1.29 is 96.8 Å². The third-order valence-corrected chi connectivity index (χ3v) is 21.8. The summed E-state index contributed by atoms with van der Waals surface area (Å²) in [5.74, 6) is -8.82. The molecular weight excluding hydrogens is 1410 g/mol. The molecule has 0 saturated carbocycles. The molecule has 8 aromatic rings. The van der Waals surface area contributed by atoms with Crippen molar-refractivity contribution in [3.63, 3.8) is 0 Å². The van der Waals surface area contributed by atoms with Crippen LogP contribution >= 0.6 is 56.7 Å². The molecule has 7 amide bonds. The van der Waals surface area contributed by atoms with Gasteiger partial charge in [-0.2, -0.15) is 4.73 Å². The first-order valence-corrected chi connectivity index (χ1v) is 34.6. The Morgan fingerprint density at radius 2 is 1.50 bits per heavy atom. The number of carbonyl (C=O) groups is 9. The number of nitrogens with two attached hydrogens (primary N) is 1. The highest BCUT2D eigenvalue weighted by molar-refractivity contribution is 7.14. The third kappa shape index (κ3) is 12.5. The van der Waals surface area contributed by atoms with Crippen molar-refractivity contribution in [3.8, 4) is 38.4 Å². The first kappa shape index (κ1) is 68.7. The summed E-state index contributed by atoms with van der Waals surface area (Å²) in [7, 11) is 2.87. The lowest BCUT2D eigenvalue weighted by atomic mass is 9.86. The van der Waals surface area contributed by atoms with Gasteiger partial charge >= 0.3 is 23.9 Å². The van der Waals surface area contributed by atoms with Crippen LogP contribution in [0.3, 0.4) is 0 Å². The zero-order chi connectivity index (χ0) is 71.1. The molecule has 7 aromatic heterocycles. The average molecular weight is 1470 g/mol. The standard InChI is InChI=1S/C61H58N14O20S5/c1-21(76)37-50(82)71-38(22(2)89-7)53-66-31(19-98-53)48(80)72-41-43-44(94-35-12-60(4)45(23(3)93-35)74(6)61(5,95-60)58(85)86)57(84)91-13-24-9-8-10-33-36(24)26(14-90-43)42(75(33)88)56(83)92-15-27(63-46(78)29-18-100-55(41)68-29)52-64-28(16-97-52)39-25(51-65-30(17-96-51)47(79)70-37)11-34(77)40(69-39)54-67-32(20-99-54)49(81)73-59(62)87/h8-11,16-21,23,27,35,37,41,43-45,76-77,88H,12-15H2,1-7H3,(H,63,78)(H,70,79)(H,71,82)(H,72,80)(H,85,86)(H3,62,73,81,87)/b38-22+. The number of carboxylic acid groups (broad SMARTS) is 1. The number of hydrogen-bond donors (Lipinski definition) is 10. The molecule has 34 nitrogen and oxygen atoms in total. The first-order valence-electron chi connectivity index (χ1n) is 30.2. The fraction of sp³-hybridized carbons (Fsp3) is 0.361. The molecule has 5 aliphatic heterocycles. The molecule has 0 radical (unpaired) electrons. The Labute approximate surface area is 583 Å². The van der Waals surface area contributed by atoms with Gasteiger partial charge in [0.25, 0.3) is 23.6 Å². The van der Waals surface area contributed by atoms with E-state index in [1.54, 1.807) is 27.0 Å². The van der Waals surface area contributed by atoms with Gasteiger partial charge in [-0.15, -0.1) is 56.7 Å². The highest BCUT2D eigenvalue weighted by Gasteiger charge is 2.64. The molecule has 1 aromatic carbocycles. The van der Waals surface area contributed by atoms with Gasteiger partial charge in [0.15, 0.2) is 18.1 Å². The molecular formula is C61H58N14O20S5. The summed E-state index contributed by atoms with van der Waals surface area (Å²) in [5.41, 5.74) is 0.384. The smallest absolute Gasteiger partial charge is 0.358 e. The number of carbonyl (C=O) groups excluding carboxylic acids is 8. The highest BCUT2D eigenvalue weighted by Crippen LogP contribution is 2.48. The van der Waals surface area contributed by atoms with Gasteiger partial charge < -0.3 is 80.7 Å². The van der Waals surface area contributed by atoms with Crippen molar-refractivity contribution in [3.05, 3.63) is 112 Å². The lowest BCUT2D eigenvalue weighted by molar-refractivity contribution is -0.270. The number of aliphatic hydroxyl groups is 1. The van der Waals surface area contributed by atoms with Crippen molar-refractivity contribution in [1.82, 2.24) is 66.1 Å². The number of aromatic nitrogens is 7. The molecule has 2 saturated heterocycles. The van der Waals surface area contributed by atoms with Crippen LogP contribution in [0.4, 0.5) is 4.79 Å². The number of aliphatic carboxylic acids is 1. The minimum absolute atomic E-state index is 0.0180. The van der Waals surface area contributed by atoms with E-state index in [1.165, 1.54) is 77.9 Å². The Hall–Kier alpha value is -9.81. The second kappa shape index (κ2) is 26.7. The molecule has 5 aliphatic rings. The second-order valence-electron chi connectivity index (χ2n) is 23.8. The predicted octanol–water partition coefficient (Wildman–Crippen LogP) is 4.18. The van der Waals surface area contributed by atoms with Crippen LogP contribution in [-0.2, 0) is 60.8 Å². The summed E-state index contributed by atoms with van der Waals surface area (Å²) in [6.07, 6.45) is -7.85. The lowest BCUT2D eigenvalue weighted by Crippen LogP contribution is -2.59. The van der Waals surface area contributed by atoms with Crippen LogP contribution in [0.1, 0.15) is 132 Å². The maximum Gasteiger partial charge on any atom is 0.358 e. The number of pyridine rings is 1. The number of thiazole rings is 5. The maximum absolute atomic E-state index is 15.3. The topological polar surface area (TPSA) is 471 Å². The number of amides is 7. The van der Waals surface area contributed by atoms with E-state index >= 15 is 19.2 Å². The number of ether oxygens (including phenoxy) is 7. The van der Waals surface area contributed by atoms with Crippen LogP contribution in [0.5, 0.6) is 5.75 Å². The molecule has 11 atom stereocenters. The van der Waals surface area contributed by atoms with Gasteiger partial charge in [0.05, 0.1) is 43.1 Å². The Balaban J connectivity index is 0.986. The van der Waals surface area contributed by atoms with Crippen molar-refractivity contribution >= 4 is 127 Å². The molecule has 0 spiro atoms. The van der Waals surface area contributed by atoms with Gasteiger partial charge in [-0.3, -0.25) is 34.2 Å². The Bertz CT molecular complexity index is 4750. The number of allylic oxidation sites excluding steroid dienone is 1. The normalized spacial score (nSPS) is 26.0. The van der Waals surface area contributed by atoms with E-state index in [0.717, 1.165) is 56.7 Å². The third-order valence-electron chi connectivity index (χ3n) is 17.3. The van der Waals surface area contributed by atoms with Crippen molar-refractivity contribution in [2.45, 2.75) is 120 Å². The molecule has 13 rings (SSSR count). The number of primary amides is 1. The van der Waals surface area contributed by atoms with Crippen molar-refractivity contribution in [2.75, 3.05) is 20.8 Å². The second-order valence-corrected chi connectivity index (χ2v) is 28.2. The van der Waals surface area contributed by atoms with E-state index in [4.69, 9.17) is 53.8 Å². The van der Waals surface area contributed by atoms with Gasteiger partial charge in [-0.25, -0.2) is 49.1 Å². The zero-order valence-electron chi connectivity index (χ0n) is 53.2. The minimum atomic E-state index is -1.98. The number of esters is 2. The number of hydrogen-bond acceptors (Lipinski definition) is 31. The van der Waals surface area contributed by atoms with Crippen molar-refractivity contribution in [2.24, 2.45) is 5.73 Å². The number of cyclic esters (lactones) is 2. The van der Waals surface area contributed by atoms with Crippen LogP contribution in [0, 0.1) is 0 Å². The lowest BCUT2D eigenvalue weighted by Gasteiger charge is -2.45. The minimum Gasteiger partial charge on any atom is -0.506 e. The van der Waals surface area contributed by atoms with Gasteiger partial charge in [0.2, 0.25) is 11.6 Å². The fourth-order valence-electron chi connectivity index (χ4n) is 12.5. The number of carboxylic acids is 1. The van der Waals surface area contributed by atoms with E-state index in [-0.39, 0.29) is 110 Å². The Morgan fingerprint density at radius 1 is 0.830 bits per heavy atom. The number of fused-ring (bicyclic) bond motifs is 16. The average Bonchev–Trinajstić information content (AvgIpc) is 1.57. The summed E-state index contributed by atoms with van der Waals surface area (Å²) < 4.78 is 44.8. The Morgan fingerprint density at radius 3 is 2.23 bits per heavy atom. The first-order chi connectivity index (χ1) is 47.6. The van der Waals surface area contributed by atoms with Crippen LogP contribution in [0.2, 0.25) is 0 Å². The summed E-state index contributed by atoms with van der Waals surface area (Å²) in [6, 6.07) is -0.782. The Kier molecular flexibility index (Phi) is 18.3. The fourth-order valence-corrected chi connectivity index (χ4v) is 16.6. The molecule has 12 heterocycles. The SMILES string of the molecule is CO/C(C)=C1/NC(=O)C(C(C)O)NC(=O)c2csc(n2)-c2cc(O)c(-c3nc(C(=O)NC(N)=O)cs3)nc2-c2csc(n2)C2COC(=O)c3c4c5c(cccc5n3O)COC(=O)C(OC3CC5(C)OC(C)(C(=O)O)N(C)C5C(C)O3)C(OC4)C(NC(=O)c3csc1n3)c1nc(cs1)C(=O)N2. The number of aromatic hydroxyl groups is 1. The molecule has 2 fully saturated rings. The van der Waals surface area contributed by atoms with E-state index in [0.29, 0.717) is 4.73 Å². The van der Waals surface area contributed by atoms with Gasteiger partial charge in [-0.05, 0) is 59.4 Å². The van der Waals surface area contributed by atoms with E-state index in [9.17, 15) is 44.5 Å². The quantitative estimate of drug-likeness (QED) is 0.0607. The number of likely N-dealkylation sites (N-methyl/N-ethyl adjacent to an activating group) is 1. The predicted molar refractivity (Wildman–Crippen MR) is 350 cm³/mol. The van der Waals surface area contributed by atoms with E-state index in [1.807, 2.05) is 5.32 Å². The van der Waals surface area contributed by atoms with Crippen LogP contribution in [-0.4, -0.2) is 188 Å². The zero-order valence-corrected chi connectivity index (χ0v) is 57.3. The molecule has 39 heteroatoms. The number of benzene rings is 1. The molecule has 12 bridgehead atoms. The summed E-state index contributed by atoms with van der Waals surface area (Å²) in [4.78, 5) is 156. The van der Waals surface area contributed by atoms with Gasteiger partial charge in [0, 0.05) is 49.8 Å². The summed E-state index contributed by atoms with van der Waals surface area (Å²) in [6.45, 7) is 5.56. The van der Waals surface area contributed by atoms with E-state index < -0.39 is 151 Å². The molecule has 100 heavy (non-hydrogen) atoms. The molecule has 11 N–H and O–H groups in total. The number of imide groups is 1. The monoisotopic (exact) mass is 1470 g/mol. The number of nitrogens with one attached hydrogen (secondary N) is 5. The van der Waals surface area contributed by atoms with Gasteiger partial charge in [-0.1, -0.05) is 12.1 Å². The number of methoxy groups -OCH3 is 1. The molecule has 0 aliphatic carbocycles. The number of aliphatic hydroxyl groups excluding tert-OH is 1. The number of rotatable bonds is 7. The van der Waals surface area contributed by atoms with Gasteiger partial charge in [0.1, 0.15) is 120 Å². The number of nitrogens with zero attached hydrogens (tertiary/aromatic N) is 8.